The lowest BCUT2D eigenvalue weighted by Crippen LogP contribution is -2.38. The summed E-state index contributed by atoms with van der Waals surface area (Å²) in [7, 11) is -0.349. The van der Waals surface area contributed by atoms with Crippen LogP contribution in [0.15, 0.2) is 17.1 Å². The summed E-state index contributed by atoms with van der Waals surface area (Å²) in [5.41, 5.74) is -0.503. The smallest absolute Gasteiger partial charge is 0.285 e. The Hall–Kier alpha value is -2.13. The third kappa shape index (κ3) is 4.72. The van der Waals surface area contributed by atoms with Crippen molar-refractivity contribution in [3.63, 3.8) is 0 Å². The molecule has 2 N–H and O–H groups in total. The van der Waals surface area contributed by atoms with Gasteiger partial charge in [0.15, 0.2) is 8.38 Å². The Morgan fingerprint density at radius 3 is 2.74 bits per heavy atom. The first-order valence-electron chi connectivity index (χ1n) is 10.5. The van der Waals surface area contributed by atoms with E-state index in [1.807, 2.05) is 4.90 Å². The summed E-state index contributed by atoms with van der Waals surface area (Å²) in [6.45, 7) is 1.86. The van der Waals surface area contributed by atoms with E-state index in [4.69, 9.17) is 9.47 Å². The second kappa shape index (κ2) is 9.56. The first-order valence-corrected chi connectivity index (χ1v) is 11.9. The van der Waals surface area contributed by atoms with Crippen LogP contribution in [0.5, 0.6) is 5.88 Å². The van der Waals surface area contributed by atoms with Gasteiger partial charge in [-0.2, -0.15) is 14.8 Å². The van der Waals surface area contributed by atoms with Crippen molar-refractivity contribution in [1.29, 1.82) is 0 Å². The number of aromatic nitrogens is 3. The molecule has 0 bridgehead atoms. The van der Waals surface area contributed by atoms with Gasteiger partial charge in [-0.05, 0) is 38.0 Å². The second-order valence-electron chi connectivity index (χ2n) is 7.97. The maximum Gasteiger partial charge on any atom is 0.285 e. The summed E-state index contributed by atoms with van der Waals surface area (Å²) in [5, 5.41) is 5.00. The van der Waals surface area contributed by atoms with Gasteiger partial charge in [0, 0.05) is 37.3 Å². The average Bonchev–Trinajstić information content (AvgIpc) is 3.32. The summed E-state index contributed by atoms with van der Waals surface area (Å²) < 4.78 is 11.7. The predicted molar refractivity (Wildman–Crippen MR) is 116 cm³/mol. The predicted octanol–water partition coefficient (Wildman–Crippen LogP) is 1.52. The van der Waals surface area contributed by atoms with Crippen molar-refractivity contribution in [2.75, 3.05) is 37.9 Å². The Morgan fingerprint density at radius 1 is 1.32 bits per heavy atom. The monoisotopic (exact) mass is 450 g/mol. The number of methoxy groups -OCH3 is 1. The average molecular weight is 450 g/mol. The zero-order valence-electron chi connectivity index (χ0n) is 17.4. The lowest BCUT2D eigenvalue weighted by atomic mass is 9.94. The number of fused-ring (bicyclic) bond motifs is 1. The quantitative estimate of drug-likeness (QED) is 0.630. The minimum atomic E-state index is -1.86. The molecule has 2 aliphatic rings. The standard InChI is InChI=1S/C20H27N4O6P/c1-29-16-11-14-12-21-24(19(25)15-3-2-9-30-15)20(26)17(14)18(22-16)23-7-4-13(5-8-23)6-10-31(27)28/h11-13,15,27-28H,2-10H2,1H3. The first-order chi connectivity index (χ1) is 15.0. The normalized spacial score (nSPS) is 20.0. The number of pyridine rings is 1. The van der Waals surface area contributed by atoms with Gasteiger partial charge >= 0.3 is 0 Å². The van der Waals surface area contributed by atoms with Crippen LogP contribution in [-0.4, -0.2) is 69.5 Å². The minimum Gasteiger partial charge on any atom is -0.481 e. The van der Waals surface area contributed by atoms with Crippen LogP contribution in [0.1, 0.15) is 36.9 Å². The number of hydrogen-bond acceptors (Lipinski definition) is 9. The highest BCUT2D eigenvalue weighted by molar-refractivity contribution is 7.45. The van der Waals surface area contributed by atoms with Gasteiger partial charge in [-0.25, -0.2) is 0 Å². The number of nitrogens with zero attached hydrogens (tertiary/aromatic N) is 4. The number of rotatable bonds is 6. The molecule has 2 aromatic heterocycles. The summed E-state index contributed by atoms with van der Waals surface area (Å²) >= 11 is 0. The Labute approximate surface area is 180 Å². The molecule has 11 heteroatoms. The van der Waals surface area contributed by atoms with Crippen molar-refractivity contribution < 1.29 is 24.1 Å². The van der Waals surface area contributed by atoms with Gasteiger partial charge < -0.3 is 24.2 Å². The fraction of sp³-hybridized carbons (Fsp3) is 0.600. The van der Waals surface area contributed by atoms with Gasteiger partial charge in [0.25, 0.3) is 11.5 Å². The summed E-state index contributed by atoms with van der Waals surface area (Å²) in [6.07, 6.45) is 5.12. The maximum atomic E-state index is 13.3. The summed E-state index contributed by atoms with van der Waals surface area (Å²) in [5.74, 6) is 0.812. The zero-order valence-corrected chi connectivity index (χ0v) is 18.3. The van der Waals surface area contributed by atoms with Crippen molar-refractivity contribution in [2.24, 2.45) is 5.92 Å². The summed E-state index contributed by atoms with van der Waals surface area (Å²) in [6, 6.07) is 1.64. The third-order valence-electron chi connectivity index (χ3n) is 6.00. The van der Waals surface area contributed by atoms with Crippen LogP contribution in [0.4, 0.5) is 5.82 Å². The molecule has 2 aliphatic heterocycles. The molecule has 0 saturated carbocycles. The number of piperidine rings is 1. The van der Waals surface area contributed by atoms with Gasteiger partial charge in [-0.1, -0.05) is 0 Å². The van der Waals surface area contributed by atoms with E-state index < -0.39 is 25.9 Å². The number of carbonyl (C=O) groups is 1. The van der Waals surface area contributed by atoms with Gasteiger partial charge in [-0.15, -0.1) is 0 Å². The molecule has 0 aromatic carbocycles. The van der Waals surface area contributed by atoms with Gasteiger partial charge in [0.1, 0.15) is 11.9 Å². The van der Waals surface area contributed by atoms with Crippen LogP contribution in [0.25, 0.3) is 10.8 Å². The topological polar surface area (TPSA) is 127 Å². The lowest BCUT2D eigenvalue weighted by molar-refractivity contribution is 0.0532. The lowest BCUT2D eigenvalue weighted by Gasteiger charge is -2.33. The molecule has 168 valence electrons. The SMILES string of the molecule is COc1cc2cnn(C(=O)C3CCCO3)c(=O)c2c(N2CCC(CCP(O)O)CC2)n1. The van der Waals surface area contributed by atoms with Crippen LogP contribution in [0, 0.1) is 5.92 Å². The Balaban J connectivity index is 1.66. The molecular weight excluding hydrogens is 423 g/mol. The Kier molecular flexibility index (Phi) is 6.81. The van der Waals surface area contributed by atoms with Gasteiger partial charge in [0.05, 0.1) is 18.7 Å². The van der Waals surface area contributed by atoms with Crippen molar-refractivity contribution in [1.82, 2.24) is 14.8 Å². The molecule has 0 amide bonds. The molecule has 1 unspecified atom stereocenters. The fourth-order valence-corrected chi connectivity index (χ4v) is 4.85. The van der Waals surface area contributed by atoms with E-state index in [1.54, 1.807) is 6.07 Å². The van der Waals surface area contributed by atoms with E-state index in [0.717, 1.165) is 30.4 Å². The van der Waals surface area contributed by atoms with E-state index in [0.29, 0.717) is 60.7 Å². The first kappa shape index (κ1) is 22.1. The van der Waals surface area contributed by atoms with E-state index in [9.17, 15) is 19.4 Å². The van der Waals surface area contributed by atoms with Gasteiger partial charge in [0.2, 0.25) is 5.88 Å². The van der Waals surface area contributed by atoms with Crippen LogP contribution >= 0.6 is 8.38 Å². The third-order valence-corrected chi connectivity index (χ3v) is 6.66. The fourth-order valence-electron chi connectivity index (χ4n) is 4.26. The molecule has 10 nitrogen and oxygen atoms in total. The number of carbonyl (C=O) groups excluding carboxylic acids is 1. The van der Waals surface area contributed by atoms with Crippen LogP contribution in [0.3, 0.4) is 0 Å². The molecule has 2 saturated heterocycles. The molecule has 0 spiro atoms. The molecule has 4 heterocycles. The van der Waals surface area contributed by atoms with E-state index in [2.05, 4.69) is 10.1 Å². The summed E-state index contributed by atoms with van der Waals surface area (Å²) in [4.78, 5) is 51.0. The van der Waals surface area contributed by atoms with E-state index in [-0.39, 0.29) is 0 Å². The zero-order chi connectivity index (χ0) is 22.0. The molecule has 0 radical (unpaired) electrons. The Morgan fingerprint density at radius 2 is 2.10 bits per heavy atom. The van der Waals surface area contributed by atoms with Crippen molar-refractivity contribution in [3.8, 4) is 5.88 Å². The van der Waals surface area contributed by atoms with E-state index in [1.165, 1.54) is 13.3 Å². The van der Waals surface area contributed by atoms with Crippen LogP contribution < -0.4 is 15.2 Å². The maximum absolute atomic E-state index is 13.3. The molecular formula is C20H27N4O6P. The van der Waals surface area contributed by atoms with Crippen LogP contribution in [-0.2, 0) is 4.74 Å². The molecule has 4 rings (SSSR count). The number of anilines is 1. The molecule has 1 atom stereocenters. The molecule has 31 heavy (non-hydrogen) atoms. The van der Waals surface area contributed by atoms with Crippen molar-refractivity contribution in [3.05, 3.63) is 22.6 Å². The highest BCUT2D eigenvalue weighted by Crippen LogP contribution is 2.33. The van der Waals surface area contributed by atoms with Crippen molar-refractivity contribution >= 4 is 30.9 Å². The van der Waals surface area contributed by atoms with Crippen LogP contribution in [0.2, 0.25) is 0 Å². The van der Waals surface area contributed by atoms with Crippen molar-refractivity contribution in [2.45, 2.75) is 38.2 Å². The highest BCUT2D eigenvalue weighted by atomic mass is 31.2. The number of ether oxygens (including phenoxy) is 2. The Bertz CT molecular complexity index is 999. The van der Waals surface area contributed by atoms with E-state index >= 15 is 0 Å². The number of hydrogen-bond donors (Lipinski definition) is 2. The molecule has 2 fully saturated rings. The highest BCUT2D eigenvalue weighted by Gasteiger charge is 2.29. The van der Waals surface area contributed by atoms with Gasteiger partial charge in [-0.3, -0.25) is 9.59 Å². The second-order valence-corrected chi connectivity index (χ2v) is 9.16. The molecule has 2 aromatic rings. The molecule has 0 aliphatic carbocycles. The minimum absolute atomic E-state index is 0.342. The largest absolute Gasteiger partial charge is 0.481 e.